The number of nitrogens with zero attached hydrogens (tertiary/aromatic N) is 1. The largest absolute Gasteiger partial charge is 0.497 e. The van der Waals surface area contributed by atoms with E-state index in [0.29, 0.717) is 25.2 Å². The van der Waals surface area contributed by atoms with E-state index in [1.54, 1.807) is 25.3 Å². The molecule has 0 radical (unpaired) electrons. The van der Waals surface area contributed by atoms with Crippen molar-refractivity contribution < 1.29 is 17.9 Å². The van der Waals surface area contributed by atoms with Crippen LogP contribution in [0.1, 0.15) is 35.2 Å². The average molecular weight is 439 g/mol. The summed E-state index contributed by atoms with van der Waals surface area (Å²) in [6.45, 7) is 1.42. The number of carbonyl (C=O) groups excluding carboxylic acids is 1. The Hall–Kier alpha value is -2.90. The second-order valence-electron chi connectivity index (χ2n) is 7.72. The topological polar surface area (TPSA) is 75.7 Å². The molecule has 0 spiro atoms. The number of carbonyl (C=O) groups is 1. The summed E-state index contributed by atoms with van der Waals surface area (Å²) >= 11 is 0. The molecule has 0 aliphatic carbocycles. The first-order chi connectivity index (χ1) is 15.0. The van der Waals surface area contributed by atoms with Gasteiger partial charge in [0.2, 0.25) is 10.0 Å². The molecule has 0 atom stereocenters. The molecule has 0 aromatic heterocycles. The van der Waals surface area contributed by atoms with Crippen LogP contribution in [-0.2, 0) is 16.6 Å². The van der Waals surface area contributed by atoms with Gasteiger partial charge in [0.05, 0.1) is 12.0 Å². The standard InChI is InChI=1S/C24H26N2O4S/c1-30-22-11-10-19-14-18(8-9-20(19)15-22)17-25-24(27)21-6-5-7-23(16-21)31(28,29)26-12-3-2-4-13-26/h5-11,14-16H,2-4,12-13,17H2,1H3,(H,25,27). The monoisotopic (exact) mass is 438 g/mol. The van der Waals surface area contributed by atoms with Gasteiger partial charge in [-0.25, -0.2) is 8.42 Å². The number of benzene rings is 3. The lowest BCUT2D eigenvalue weighted by molar-refractivity contribution is 0.0950. The molecule has 1 heterocycles. The van der Waals surface area contributed by atoms with Crippen molar-refractivity contribution in [2.24, 2.45) is 0 Å². The van der Waals surface area contributed by atoms with Gasteiger partial charge in [0.1, 0.15) is 5.75 Å². The third-order valence-electron chi connectivity index (χ3n) is 5.61. The molecule has 0 saturated carbocycles. The highest BCUT2D eigenvalue weighted by Crippen LogP contribution is 2.23. The van der Waals surface area contributed by atoms with Gasteiger partial charge in [0.25, 0.3) is 5.91 Å². The minimum atomic E-state index is -3.57. The highest BCUT2D eigenvalue weighted by molar-refractivity contribution is 7.89. The van der Waals surface area contributed by atoms with Crippen LogP contribution >= 0.6 is 0 Å². The minimum absolute atomic E-state index is 0.168. The van der Waals surface area contributed by atoms with Crippen LogP contribution in [0.5, 0.6) is 5.75 Å². The first-order valence-electron chi connectivity index (χ1n) is 10.4. The Morgan fingerprint density at radius 2 is 1.71 bits per heavy atom. The lowest BCUT2D eigenvalue weighted by atomic mass is 10.1. The van der Waals surface area contributed by atoms with E-state index >= 15 is 0 Å². The van der Waals surface area contributed by atoms with Gasteiger partial charge in [-0.15, -0.1) is 0 Å². The Balaban J connectivity index is 1.46. The summed E-state index contributed by atoms with van der Waals surface area (Å²) in [6.07, 6.45) is 2.80. The average Bonchev–Trinajstić information content (AvgIpc) is 2.82. The number of piperidine rings is 1. The van der Waals surface area contributed by atoms with Crippen molar-refractivity contribution in [3.63, 3.8) is 0 Å². The molecular formula is C24H26N2O4S. The van der Waals surface area contributed by atoms with Gasteiger partial charge < -0.3 is 10.1 Å². The van der Waals surface area contributed by atoms with Crippen molar-refractivity contribution in [1.82, 2.24) is 9.62 Å². The molecular weight excluding hydrogens is 412 g/mol. The number of hydrogen-bond donors (Lipinski definition) is 1. The zero-order chi connectivity index (χ0) is 21.8. The van der Waals surface area contributed by atoms with Gasteiger partial charge in [-0.05, 0) is 65.6 Å². The molecule has 1 N–H and O–H groups in total. The summed E-state index contributed by atoms with van der Waals surface area (Å²) in [5.41, 5.74) is 1.30. The first-order valence-corrected chi connectivity index (χ1v) is 11.9. The fraction of sp³-hybridized carbons (Fsp3) is 0.292. The van der Waals surface area contributed by atoms with Crippen molar-refractivity contribution in [3.8, 4) is 5.75 Å². The third-order valence-corrected chi connectivity index (χ3v) is 7.51. The molecule has 1 aliphatic heterocycles. The van der Waals surface area contributed by atoms with E-state index in [9.17, 15) is 13.2 Å². The predicted octanol–water partition coefficient (Wildman–Crippen LogP) is 3.95. The predicted molar refractivity (Wildman–Crippen MR) is 121 cm³/mol. The summed E-state index contributed by atoms with van der Waals surface area (Å²) in [7, 11) is -1.94. The second-order valence-corrected chi connectivity index (χ2v) is 9.66. The summed E-state index contributed by atoms with van der Waals surface area (Å²) < 4.78 is 32.6. The summed E-state index contributed by atoms with van der Waals surface area (Å²) in [5.74, 6) is 0.499. The molecule has 1 aliphatic rings. The van der Waals surface area contributed by atoms with Gasteiger partial charge in [-0.1, -0.05) is 30.7 Å². The van der Waals surface area contributed by atoms with E-state index in [0.717, 1.165) is 41.3 Å². The van der Waals surface area contributed by atoms with E-state index in [-0.39, 0.29) is 10.8 Å². The number of nitrogens with one attached hydrogen (secondary N) is 1. The Labute approximate surface area is 182 Å². The molecule has 0 unspecified atom stereocenters. The number of hydrogen-bond acceptors (Lipinski definition) is 4. The highest BCUT2D eigenvalue weighted by Gasteiger charge is 2.26. The molecule has 31 heavy (non-hydrogen) atoms. The molecule has 3 aromatic rings. The van der Waals surface area contributed by atoms with Crippen LogP contribution in [0.25, 0.3) is 10.8 Å². The molecule has 6 nitrogen and oxygen atoms in total. The van der Waals surface area contributed by atoms with Crippen molar-refractivity contribution in [2.75, 3.05) is 20.2 Å². The van der Waals surface area contributed by atoms with Crippen LogP contribution in [0.2, 0.25) is 0 Å². The number of rotatable bonds is 6. The van der Waals surface area contributed by atoms with Crippen molar-refractivity contribution in [3.05, 3.63) is 71.8 Å². The van der Waals surface area contributed by atoms with Crippen LogP contribution in [0.15, 0.2) is 65.6 Å². The fourth-order valence-electron chi connectivity index (χ4n) is 3.85. The smallest absolute Gasteiger partial charge is 0.251 e. The van der Waals surface area contributed by atoms with Crippen molar-refractivity contribution in [2.45, 2.75) is 30.7 Å². The van der Waals surface area contributed by atoms with Crippen LogP contribution in [0, 0.1) is 0 Å². The van der Waals surface area contributed by atoms with E-state index in [1.807, 2.05) is 36.4 Å². The van der Waals surface area contributed by atoms with Gasteiger partial charge in [-0.2, -0.15) is 4.31 Å². The number of methoxy groups -OCH3 is 1. The van der Waals surface area contributed by atoms with Crippen LogP contribution < -0.4 is 10.1 Å². The van der Waals surface area contributed by atoms with Crippen LogP contribution in [-0.4, -0.2) is 38.8 Å². The lowest BCUT2D eigenvalue weighted by Crippen LogP contribution is -2.35. The maximum Gasteiger partial charge on any atom is 0.251 e. The van der Waals surface area contributed by atoms with E-state index in [2.05, 4.69) is 5.32 Å². The quantitative estimate of drug-likeness (QED) is 0.632. The maximum atomic E-state index is 12.9. The number of amides is 1. The van der Waals surface area contributed by atoms with Gasteiger partial charge in [-0.3, -0.25) is 4.79 Å². The first kappa shape index (κ1) is 21.3. The SMILES string of the molecule is COc1ccc2cc(CNC(=O)c3cccc(S(=O)(=O)N4CCCCC4)c3)ccc2c1. The van der Waals surface area contributed by atoms with Crippen molar-refractivity contribution in [1.29, 1.82) is 0 Å². The lowest BCUT2D eigenvalue weighted by Gasteiger charge is -2.26. The zero-order valence-electron chi connectivity index (χ0n) is 17.5. The highest BCUT2D eigenvalue weighted by atomic mass is 32.2. The van der Waals surface area contributed by atoms with Crippen LogP contribution in [0.3, 0.4) is 0 Å². The van der Waals surface area contributed by atoms with Gasteiger partial charge in [0.15, 0.2) is 0 Å². The van der Waals surface area contributed by atoms with Gasteiger partial charge in [0, 0.05) is 25.2 Å². The molecule has 1 saturated heterocycles. The van der Waals surface area contributed by atoms with Crippen molar-refractivity contribution >= 4 is 26.7 Å². The fourth-order valence-corrected chi connectivity index (χ4v) is 5.41. The second kappa shape index (κ2) is 9.08. The molecule has 1 fully saturated rings. The molecule has 7 heteroatoms. The summed E-state index contributed by atoms with van der Waals surface area (Å²) in [6, 6.07) is 18.1. The van der Waals surface area contributed by atoms with Gasteiger partial charge >= 0.3 is 0 Å². The molecule has 1 amide bonds. The Morgan fingerprint density at radius 3 is 2.48 bits per heavy atom. The Bertz CT molecular complexity index is 1200. The number of sulfonamides is 1. The maximum absolute atomic E-state index is 12.9. The molecule has 4 rings (SSSR count). The van der Waals surface area contributed by atoms with E-state index in [1.165, 1.54) is 10.4 Å². The Morgan fingerprint density at radius 1 is 0.968 bits per heavy atom. The van der Waals surface area contributed by atoms with E-state index in [4.69, 9.17) is 4.74 Å². The molecule has 3 aromatic carbocycles. The Kier molecular flexibility index (Phi) is 6.25. The molecule has 162 valence electrons. The number of fused-ring (bicyclic) bond motifs is 1. The minimum Gasteiger partial charge on any atom is -0.497 e. The third kappa shape index (κ3) is 4.73. The summed E-state index contributed by atoms with van der Waals surface area (Å²) in [4.78, 5) is 12.9. The summed E-state index contributed by atoms with van der Waals surface area (Å²) in [5, 5.41) is 5.01. The normalized spacial score (nSPS) is 15.0. The molecule has 0 bridgehead atoms. The number of ether oxygens (including phenoxy) is 1. The zero-order valence-corrected chi connectivity index (χ0v) is 18.3. The van der Waals surface area contributed by atoms with Crippen LogP contribution in [0.4, 0.5) is 0 Å². The van der Waals surface area contributed by atoms with E-state index < -0.39 is 10.0 Å².